The van der Waals surface area contributed by atoms with E-state index in [9.17, 15) is 4.79 Å². The highest BCUT2D eigenvalue weighted by molar-refractivity contribution is 5.78. The smallest absolute Gasteiger partial charge is 0.260 e. The average molecular weight is 258 g/mol. The fourth-order valence-electron chi connectivity index (χ4n) is 2.25. The van der Waals surface area contributed by atoms with Gasteiger partial charge in [0.1, 0.15) is 11.8 Å². The van der Waals surface area contributed by atoms with Crippen LogP contribution >= 0.6 is 0 Å². The summed E-state index contributed by atoms with van der Waals surface area (Å²) in [4.78, 5) is 13.9. The van der Waals surface area contributed by atoms with Gasteiger partial charge in [0.2, 0.25) is 0 Å². The minimum absolute atomic E-state index is 0.00185. The van der Waals surface area contributed by atoms with Crippen LogP contribution in [-0.4, -0.2) is 30.5 Å². The predicted octanol–water partition coefficient (Wildman–Crippen LogP) is 2.05. The van der Waals surface area contributed by atoms with Gasteiger partial charge in [-0.1, -0.05) is 26.0 Å². The highest BCUT2D eigenvalue weighted by Gasteiger charge is 2.29. The molecule has 1 aromatic rings. The highest BCUT2D eigenvalue weighted by Crippen LogP contribution is 2.22. The molecule has 1 aliphatic heterocycles. The molecule has 0 aromatic heterocycles. The number of benzene rings is 1. The number of hydrogen-bond acceptors (Lipinski definition) is 3. The molecule has 0 spiro atoms. The van der Waals surface area contributed by atoms with Gasteiger partial charge >= 0.3 is 0 Å². The van der Waals surface area contributed by atoms with Crippen molar-refractivity contribution in [3.8, 4) is 11.8 Å². The SMILES string of the molecule is CC1CN(C(=O)COc2ccccc2C#N)CC1C. The molecule has 19 heavy (non-hydrogen) atoms. The molecule has 1 aromatic carbocycles. The molecule has 1 amide bonds. The van der Waals surface area contributed by atoms with E-state index in [1.807, 2.05) is 4.90 Å². The Labute approximate surface area is 113 Å². The van der Waals surface area contributed by atoms with Crippen LogP contribution in [0.4, 0.5) is 0 Å². The number of nitriles is 1. The molecular formula is C15H18N2O2. The minimum atomic E-state index is -0.0102. The van der Waals surface area contributed by atoms with Crippen LogP contribution in [0, 0.1) is 23.2 Å². The number of amides is 1. The zero-order valence-corrected chi connectivity index (χ0v) is 11.3. The van der Waals surface area contributed by atoms with Gasteiger partial charge in [0, 0.05) is 13.1 Å². The zero-order valence-electron chi connectivity index (χ0n) is 11.3. The third-order valence-electron chi connectivity index (χ3n) is 3.70. The molecule has 1 saturated heterocycles. The fourth-order valence-corrected chi connectivity index (χ4v) is 2.25. The summed E-state index contributed by atoms with van der Waals surface area (Å²) in [5.41, 5.74) is 0.457. The van der Waals surface area contributed by atoms with Gasteiger partial charge in [0.25, 0.3) is 5.91 Å². The van der Waals surface area contributed by atoms with Crippen LogP contribution in [0.3, 0.4) is 0 Å². The highest BCUT2D eigenvalue weighted by atomic mass is 16.5. The molecule has 0 aliphatic carbocycles. The Hall–Kier alpha value is -2.02. The van der Waals surface area contributed by atoms with Crippen molar-refractivity contribution in [2.75, 3.05) is 19.7 Å². The third kappa shape index (κ3) is 3.05. The lowest BCUT2D eigenvalue weighted by atomic mass is 10.0. The number of nitrogens with zero attached hydrogens (tertiary/aromatic N) is 2. The van der Waals surface area contributed by atoms with E-state index < -0.39 is 0 Å². The van der Waals surface area contributed by atoms with Crippen LogP contribution in [0.1, 0.15) is 19.4 Å². The van der Waals surface area contributed by atoms with Crippen LogP contribution < -0.4 is 4.74 Å². The van der Waals surface area contributed by atoms with Crippen LogP contribution in [-0.2, 0) is 4.79 Å². The number of carbonyl (C=O) groups is 1. The van der Waals surface area contributed by atoms with E-state index in [1.54, 1.807) is 24.3 Å². The molecule has 0 saturated carbocycles. The maximum absolute atomic E-state index is 12.0. The first-order valence-electron chi connectivity index (χ1n) is 6.51. The molecule has 0 bridgehead atoms. The lowest BCUT2D eigenvalue weighted by Crippen LogP contribution is -2.33. The Morgan fingerprint density at radius 2 is 2.00 bits per heavy atom. The number of hydrogen-bond donors (Lipinski definition) is 0. The summed E-state index contributed by atoms with van der Waals surface area (Å²) in [5, 5.41) is 8.94. The predicted molar refractivity (Wildman–Crippen MR) is 71.6 cm³/mol. The number of likely N-dealkylation sites (tertiary alicyclic amines) is 1. The first-order valence-corrected chi connectivity index (χ1v) is 6.51. The van der Waals surface area contributed by atoms with Crippen molar-refractivity contribution in [2.45, 2.75) is 13.8 Å². The van der Waals surface area contributed by atoms with Gasteiger partial charge in [-0.2, -0.15) is 5.26 Å². The molecule has 100 valence electrons. The molecule has 1 fully saturated rings. The summed E-state index contributed by atoms with van der Waals surface area (Å²) >= 11 is 0. The first kappa shape index (κ1) is 13.4. The summed E-state index contributed by atoms with van der Waals surface area (Å²) < 4.78 is 5.46. The van der Waals surface area contributed by atoms with E-state index in [-0.39, 0.29) is 12.5 Å². The second-order valence-electron chi connectivity index (χ2n) is 5.15. The molecule has 2 unspecified atom stereocenters. The van der Waals surface area contributed by atoms with Crippen LogP contribution in [0.2, 0.25) is 0 Å². The Morgan fingerprint density at radius 1 is 1.37 bits per heavy atom. The Kier molecular flexibility index (Phi) is 4.06. The van der Waals surface area contributed by atoms with Crippen molar-refractivity contribution in [1.29, 1.82) is 5.26 Å². The van der Waals surface area contributed by atoms with Gasteiger partial charge < -0.3 is 9.64 Å². The topological polar surface area (TPSA) is 53.3 Å². The molecule has 0 radical (unpaired) electrons. The van der Waals surface area contributed by atoms with Crippen molar-refractivity contribution in [3.63, 3.8) is 0 Å². The average Bonchev–Trinajstić information content (AvgIpc) is 2.76. The van der Waals surface area contributed by atoms with E-state index in [1.165, 1.54) is 0 Å². The number of rotatable bonds is 3. The van der Waals surface area contributed by atoms with Crippen LogP contribution in [0.15, 0.2) is 24.3 Å². The second kappa shape index (κ2) is 5.75. The van der Waals surface area contributed by atoms with Gasteiger partial charge in [-0.25, -0.2) is 0 Å². The summed E-state index contributed by atoms with van der Waals surface area (Å²) in [6.07, 6.45) is 0. The Bertz CT molecular complexity index is 497. The zero-order chi connectivity index (χ0) is 13.8. The lowest BCUT2D eigenvalue weighted by molar-refractivity contribution is -0.132. The fraction of sp³-hybridized carbons (Fsp3) is 0.467. The minimum Gasteiger partial charge on any atom is -0.482 e. The maximum atomic E-state index is 12.0. The van der Waals surface area contributed by atoms with Crippen molar-refractivity contribution < 1.29 is 9.53 Å². The van der Waals surface area contributed by atoms with E-state index in [0.717, 1.165) is 13.1 Å². The van der Waals surface area contributed by atoms with E-state index in [4.69, 9.17) is 10.00 Å². The number of carbonyl (C=O) groups excluding carboxylic acids is 1. The summed E-state index contributed by atoms with van der Waals surface area (Å²) in [5.74, 6) is 1.54. The molecule has 2 atom stereocenters. The van der Waals surface area contributed by atoms with E-state index >= 15 is 0 Å². The molecule has 4 nitrogen and oxygen atoms in total. The van der Waals surface area contributed by atoms with Crippen LogP contribution in [0.5, 0.6) is 5.75 Å². The standard InChI is InChI=1S/C15H18N2O2/c1-11-8-17(9-12(11)2)15(18)10-19-14-6-4-3-5-13(14)7-16/h3-6,11-12H,8-10H2,1-2H3. The summed E-state index contributed by atoms with van der Waals surface area (Å²) in [6.45, 7) is 5.90. The Balaban J connectivity index is 1.93. The largest absolute Gasteiger partial charge is 0.482 e. The molecule has 1 aliphatic rings. The van der Waals surface area contributed by atoms with Crippen molar-refractivity contribution in [2.24, 2.45) is 11.8 Å². The van der Waals surface area contributed by atoms with Crippen molar-refractivity contribution in [3.05, 3.63) is 29.8 Å². The monoisotopic (exact) mass is 258 g/mol. The maximum Gasteiger partial charge on any atom is 0.260 e. The lowest BCUT2D eigenvalue weighted by Gasteiger charge is -2.16. The summed E-state index contributed by atoms with van der Waals surface area (Å²) in [7, 11) is 0. The number of para-hydroxylation sites is 1. The van der Waals surface area contributed by atoms with Gasteiger partial charge in [0.05, 0.1) is 5.56 Å². The molecule has 2 rings (SSSR count). The van der Waals surface area contributed by atoms with Gasteiger partial charge in [-0.15, -0.1) is 0 Å². The van der Waals surface area contributed by atoms with E-state index in [0.29, 0.717) is 23.1 Å². The quantitative estimate of drug-likeness (QED) is 0.833. The van der Waals surface area contributed by atoms with Gasteiger partial charge in [0.15, 0.2) is 6.61 Å². The van der Waals surface area contributed by atoms with Crippen LogP contribution in [0.25, 0.3) is 0 Å². The van der Waals surface area contributed by atoms with Crippen molar-refractivity contribution in [1.82, 2.24) is 4.90 Å². The van der Waals surface area contributed by atoms with Crippen molar-refractivity contribution >= 4 is 5.91 Å². The normalized spacial score (nSPS) is 22.1. The molecular weight excluding hydrogens is 240 g/mol. The van der Waals surface area contributed by atoms with Gasteiger partial charge in [-0.3, -0.25) is 4.79 Å². The van der Waals surface area contributed by atoms with E-state index in [2.05, 4.69) is 19.9 Å². The molecule has 4 heteroatoms. The number of ether oxygens (including phenoxy) is 1. The van der Waals surface area contributed by atoms with Gasteiger partial charge in [-0.05, 0) is 24.0 Å². The summed E-state index contributed by atoms with van der Waals surface area (Å²) in [6, 6.07) is 9.01. The Morgan fingerprint density at radius 3 is 2.63 bits per heavy atom. The second-order valence-corrected chi connectivity index (χ2v) is 5.15. The first-order chi connectivity index (χ1) is 9.11. The molecule has 0 N–H and O–H groups in total. The third-order valence-corrected chi connectivity index (χ3v) is 3.70. The molecule has 1 heterocycles.